The van der Waals surface area contributed by atoms with Gasteiger partial charge < -0.3 is 9.47 Å². The van der Waals surface area contributed by atoms with Crippen molar-refractivity contribution >= 4 is 23.4 Å². The average molecular weight is 405 g/mol. The lowest BCUT2D eigenvalue weighted by atomic mass is 10.1. The Morgan fingerprint density at radius 1 is 1.04 bits per heavy atom. The first-order chi connectivity index (χ1) is 13.5. The van der Waals surface area contributed by atoms with Crippen LogP contribution in [0.2, 0.25) is 5.02 Å². The van der Waals surface area contributed by atoms with E-state index in [0.29, 0.717) is 30.3 Å². The molecular weight excluding hydrogens is 380 g/mol. The van der Waals surface area contributed by atoms with Crippen molar-refractivity contribution in [2.45, 2.75) is 33.6 Å². The molecule has 2 aromatic carbocycles. The Balaban J connectivity index is 2.12. The second-order valence-electron chi connectivity index (χ2n) is 6.14. The number of ether oxygens (including phenoxy) is 2. The van der Waals surface area contributed by atoms with Gasteiger partial charge in [0.05, 0.1) is 18.2 Å². The summed E-state index contributed by atoms with van der Waals surface area (Å²) in [5.41, 5.74) is 6.35. The van der Waals surface area contributed by atoms with E-state index in [1.165, 1.54) is 6.07 Å². The normalized spacial score (nSPS) is 10.3. The van der Waals surface area contributed by atoms with Gasteiger partial charge in [-0.05, 0) is 44.0 Å². The molecule has 2 rings (SSSR count). The van der Waals surface area contributed by atoms with Gasteiger partial charge in [0.25, 0.3) is 11.8 Å². The van der Waals surface area contributed by atoms with Gasteiger partial charge in [-0.15, -0.1) is 0 Å². The van der Waals surface area contributed by atoms with Gasteiger partial charge in [0.2, 0.25) is 0 Å². The van der Waals surface area contributed by atoms with Crippen LogP contribution in [0.3, 0.4) is 0 Å². The summed E-state index contributed by atoms with van der Waals surface area (Å²) >= 11 is 6.30. The third-order valence-electron chi connectivity index (χ3n) is 4.00. The van der Waals surface area contributed by atoms with E-state index < -0.39 is 11.8 Å². The zero-order chi connectivity index (χ0) is 20.5. The average Bonchev–Trinajstić information content (AvgIpc) is 2.68. The maximum Gasteiger partial charge on any atom is 0.269 e. The maximum atomic E-state index is 12.5. The van der Waals surface area contributed by atoms with Crippen LogP contribution < -0.4 is 20.3 Å². The van der Waals surface area contributed by atoms with Crippen molar-refractivity contribution in [2.75, 3.05) is 13.2 Å². The molecule has 0 heterocycles. The van der Waals surface area contributed by atoms with E-state index in [-0.39, 0.29) is 10.6 Å². The van der Waals surface area contributed by atoms with Gasteiger partial charge >= 0.3 is 0 Å². The predicted octanol–water partition coefficient (Wildman–Crippen LogP) is 4.30. The lowest BCUT2D eigenvalue weighted by molar-refractivity contribution is 0.0846. The lowest BCUT2D eigenvalue weighted by Crippen LogP contribution is -2.41. The summed E-state index contributed by atoms with van der Waals surface area (Å²) in [6.45, 7) is 6.62. The topological polar surface area (TPSA) is 76.7 Å². The first kappa shape index (κ1) is 21.6. The minimum Gasteiger partial charge on any atom is -0.490 e. The van der Waals surface area contributed by atoms with E-state index in [0.717, 1.165) is 18.4 Å². The van der Waals surface area contributed by atoms with Crippen molar-refractivity contribution in [3.8, 4) is 11.5 Å². The second kappa shape index (κ2) is 10.6. The van der Waals surface area contributed by atoms with Gasteiger partial charge in [-0.25, -0.2) is 0 Å². The second-order valence-corrected chi connectivity index (χ2v) is 6.55. The van der Waals surface area contributed by atoms with Crippen LogP contribution in [0.15, 0.2) is 36.4 Å². The van der Waals surface area contributed by atoms with Gasteiger partial charge in [-0.2, -0.15) is 0 Å². The molecule has 0 fully saturated rings. The van der Waals surface area contributed by atoms with Crippen LogP contribution in [0.25, 0.3) is 0 Å². The molecule has 0 spiro atoms. The monoisotopic (exact) mass is 404 g/mol. The number of halogens is 1. The molecule has 2 aromatic rings. The number of hydrogen-bond donors (Lipinski definition) is 2. The number of carbonyl (C=O) groups is 2. The minimum absolute atomic E-state index is 0.251. The Hall–Kier alpha value is -2.73. The van der Waals surface area contributed by atoms with Crippen LogP contribution >= 0.6 is 11.6 Å². The van der Waals surface area contributed by atoms with Gasteiger partial charge in [-0.3, -0.25) is 20.4 Å². The maximum absolute atomic E-state index is 12.5. The summed E-state index contributed by atoms with van der Waals surface area (Å²) in [7, 11) is 0. The third kappa shape index (κ3) is 5.63. The van der Waals surface area contributed by atoms with Crippen LogP contribution in [0.4, 0.5) is 0 Å². The number of amides is 2. The standard InChI is InChI=1S/C21H25ClN2O4/c1-4-6-11-28-19-17(22)12-15(13-18(19)27-5-2)20(25)23-24-21(26)16-10-8-7-9-14(16)3/h7-10,12-13H,4-6,11H2,1-3H3,(H,23,25)(H,24,26). The lowest BCUT2D eigenvalue weighted by Gasteiger charge is -2.15. The van der Waals surface area contributed by atoms with E-state index in [4.69, 9.17) is 21.1 Å². The van der Waals surface area contributed by atoms with Crippen molar-refractivity contribution in [1.29, 1.82) is 0 Å². The Morgan fingerprint density at radius 2 is 1.75 bits per heavy atom. The zero-order valence-corrected chi connectivity index (χ0v) is 17.1. The molecule has 7 heteroatoms. The number of rotatable bonds is 8. The van der Waals surface area contributed by atoms with Gasteiger partial charge in [0, 0.05) is 11.1 Å². The summed E-state index contributed by atoms with van der Waals surface area (Å²) in [5.74, 6) is -0.106. The SMILES string of the molecule is CCCCOc1c(Cl)cc(C(=O)NNC(=O)c2ccccc2C)cc1OCC. The molecule has 150 valence electrons. The molecule has 0 aliphatic carbocycles. The van der Waals surface area contributed by atoms with Crippen LogP contribution in [-0.4, -0.2) is 25.0 Å². The Kier molecular flexibility index (Phi) is 8.14. The molecule has 0 aliphatic rings. The summed E-state index contributed by atoms with van der Waals surface area (Å²) in [6.07, 6.45) is 1.87. The Morgan fingerprint density at radius 3 is 2.43 bits per heavy atom. The fraction of sp³-hybridized carbons (Fsp3) is 0.333. The molecule has 0 aromatic heterocycles. The molecule has 0 bridgehead atoms. The zero-order valence-electron chi connectivity index (χ0n) is 16.3. The molecule has 0 aliphatic heterocycles. The summed E-state index contributed by atoms with van der Waals surface area (Å²) < 4.78 is 11.3. The molecule has 2 amide bonds. The van der Waals surface area contributed by atoms with Crippen molar-refractivity contribution in [3.05, 3.63) is 58.1 Å². The highest BCUT2D eigenvalue weighted by atomic mass is 35.5. The third-order valence-corrected chi connectivity index (χ3v) is 4.28. The summed E-state index contributed by atoms with van der Waals surface area (Å²) in [4.78, 5) is 24.7. The van der Waals surface area contributed by atoms with E-state index in [2.05, 4.69) is 17.8 Å². The number of nitrogens with one attached hydrogen (secondary N) is 2. The van der Waals surface area contributed by atoms with Gasteiger partial charge in [0.1, 0.15) is 0 Å². The number of unbranched alkanes of at least 4 members (excludes halogenated alkanes) is 1. The number of hydrazine groups is 1. The largest absolute Gasteiger partial charge is 0.490 e. The predicted molar refractivity (Wildman–Crippen MR) is 109 cm³/mol. The number of hydrogen-bond acceptors (Lipinski definition) is 4. The molecule has 0 unspecified atom stereocenters. The van der Waals surface area contributed by atoms with E-state index in [1.54, 1.807) is 18.2 Å². The first-order valence-electron chi connectivity index (χ1n) is 9.23. The number of aryl methyl sites for hydroxylation is 1. The summed E-state index contributed by atoms with van der Waals surface area (Å²) in [6, 6.07) is 10.1. The Labute approximate surface area is 170 Å². The van der Waals surface area contributed by atoms with E-state index in [1.807, 2.05) is 26.0 Å². The van der Waals surface area contributed by atoms with E-state index >= 15 is 0 Å². The highest BCUT2D eigenvalue weighted by Crippen LogP contribution is 2.36. The first-order valence-corrected chi connectivity index (χ1v) is 9.61. The highest BCUT2D eigenvalue weighted by molar-refractivity contribution is 6.32. The van der Waals surface area contributed by atoms with Gasteiger partial charge in [0.15, 0.2) is 11.5 Å². The molecule has 0 atom stereocenters. The fourth-order valence-electron chi connectivity index (χ4n) is 2.50. The summed E-state index contributed by atoms with van der Waals surface area (Å²) in [5, 5.41) is 0.275. The number of benzene rings is 2. The minimum atomic E-state index is -0.509. The molecule has 0 saturated carbocycles. The molecule has 0 saturated heterocycles. The van der Waals surface area contributed by atoms with Crippen molar-refractivity contribution in [1.82, 2.24) is 10.9 Å². The van der Waals surface area contributed by atoms with Crippen LogP contribution in [0, 0.1) is 6.92 Å². The molecule has 28 heavy (non-hydrogen) atoms. The molecule has 0 radical (unpaired) electrons. The fourth-order valence-corrected chi connectivity index (χ4v) is 2.77. The van der Waals surface area contributed by atoms with Crippen molar-refractivity contribution < 1.29 is 19.1 Å². The van der Waals surface area contributed by atoms with E-state index in [9.17, 15) is 9.59 Å². The smallest absolute Gasteiger partial charge is 0.269 e. The molecule has 2 N–H and O–H groups in total. The molecular formula is C21H25ClN2O4. The van der Waals surface area contributed by atoms with Crippen molar-refractivity contribution in [3.63, 3.8) is 0 Å². The van der Waals surface area contributed by atoms with Crippen LogP contribution in [0.5, 0.6) is 11.5 Å². The van der Waals surface area contributed by atoms with Crippen LogP contribution in [0.1, 0.15) is 53.0 Å². The highest BCUT2D eigenvalue weighted by Gasteiger charge is 2.17. The quantitative estimate of drug-likeness (QED) is 0.508. The molecule has 6 nitrogen and oxygen atoms in total. The number of carbonyl (C=O) groups excluding carboxylic acids is 2. The van der Waals surface area contributed by atoms with Gasteiger partial charge in [-0.1, -0.05) is 43.1 Å². The van der Waals surface area contributed by atoms with Crippen LogP contribution in [-0.2, 0) is 0 Å². The van der Waals surface area contributed by atoms with Crippen molar-refractivity contribution in [2.24, 2.45) is 0 Å². The Bertz CT molecular complexity index is 839.